The zero-order valence-corrected chi connectivity index (χ0v) is 18.1. The fraction of sp³-hybridized carbons (Fsp3) is 0.500. The van der Waals surface area contributed by atoms with Crippen molar-refractivity contribution in [3.8, 4) is 0 Å². The Labute approximate surface area is 177 Å². The van der Waals surface area contributed by atoms with E-state index in [1.54, 1.807) is 21.9 Å². The molecule has 1 aliphatic carbocycles. The molecule has 0 aliphatic heterocycles. The molecule has 1 saturated carbocycles. The summed E-state index contributed by atoms with van der Waals surface area (Å²) in [6.07, 6.45) is 3.46. The third kappa shape index (κ3) is 5.71. The van der Waals surface area contributed by atoms with Gasteiger partial charge in [-0.2, -0.15) is 0 Å². The molecule has 0 atom stereocenters. The maximum atomic E-state index is 13.3. The molecule has 1 aromatic carbocycles. The first-order valence-electron chi connectivity index (χ1n) is 10.8. The molecule has 0 radical (unpaired) electrons. The number of nitrogens with zero attached hydrogens (tertiary/aromatic N) is 2. The molecule has 2 amide bonds. The van der Waals surface area contributed by atoms with Gasteiger partial charge < -0.3 is 14.2 Å². The highest BCUT2D eigenvalue weighted by Crippen LogP contribution is 2.29. The summed E-state index contributed by atoms with van der Waals surface area (Å²) in [5.41, 5.74) is 0.831. The Morgan fingerprint density at radius 2 is 1.73 bits per heavy atom. The summed E-state index contributed by atoms with van der Waals surface area (Å²) in [6, 6.07) is 10.0. The summed E-state index contributed by atoms with van der Waals surface area (Å²) < 4.78 is 19.0. The number of benzene rings is 1. The van der Waals surface area contributed by atoms with Gasteiger partial charge in [0.25, 0.3) is 0 Å². The van der Waals surface area contributed by atoms with Crippen molar-refractivity contribution < 1.29 is 18.4 Å². The van der Waals surface area contributed by atoms with Crippen molar-refractivity contribution in [3.63, 3.8) is 0 Å². The molecule has 1 aliphatic rings. The third-order valence-electron chi connectivity index (χ3n) is 5.69. The summed E-state index contributed by atoms with van der Waals surface area (Å²) in [6.45, 7) is 6.59. The largest absolute Gasteiger partial charge is 0.464 e. The highest BCUT2D eigenvalue weighted by Gasteiger charge is 2.36. The molecule has 0 saturated heterocycles. The molecule has 6 heteroatoms. The van der Waals surface area contributed by atoms with Crippen LogP contribution in [0, 0.1) is 18.7 Å². The molecule has 1 aromatic heterocycles. The molecule has 162 valence electrons. The van der Waals surface area contributed by atoms with Crippen molar-refractivity contribution in [1.82, 2.24) is 9.80 Å². The number of hydrogen-bond donors (Lipinski definition) is 0. The molecular formula is C24H31FN2O3. The minimum absolute atomic E-state index is 0.0447. The van der Waals surface area contributed by atoms with E-state index in [1.165, 1.54) is 12.1 Å². The molecule has 1 fully saturated rings. The SMILES string of the molecule is CCC(CC)C(=O)N(CC(=O)N(Cc1ccc(F)cc1)Cc1ccc(C)o1)C1CC1. The Hall–Kier alpha value is -2.63. The Kier molecular flexibility index (Phi) is 7.29. The quantitative estimate of drug-likeness (QED) is 0.567. The first kappa shape index (κ1) is 22.1. The van der Waals surface area contributed by atoms with Gasteiger partial charge in [-0.1, -0.05) is 26.0 Å². The highest BCUT2D eigenvalue weighted by atomic mass is 19.1. The second-order valence-corrected chi connectivity index (χ2v) is 8.10. The van der Waals surface area contributed by atoms with Crippen LogP contribution in [0.25, 0.3) is 0 Å². The van der Waals surface area contributed by atoms with E-state index in [-0.39, 0.29) is 36.1 Å². The first-order valence-corrected chi connectivity index (χ1v) is 10.8. The van der Waals surface area contributed by atoms with Gasteiger partial charge in [0.15, 0.2) is 0 Å². The monoisotopic (exact) mass is 414 g/mol. The van der Waals surface area contributed by atoms with Crippen LogP contribution in [-0.4, -0.2) is 34.2 Å². The Bertz CT molecular complexity index is 854. The first-order chi connectivity index (χ1) is 14.4. The van der Waals surface area contributed by atoms with Crippen LogP contribution in [0.15, 0.2) is 40.8 Å². The molecule has 1 heterocycles. The van der Waals surface area contributed by atoms with E-state index in [1.807, 2.05) is 32.9 Å². The van der Waals surface area contributed by atoms with Gasteiger partial charge in [0.1, 0.15) is 23.9 Å². The summed E-state index contributed by atoms with van der Waals surface area (Å²) in [5.74, 6) is 1.06. The molecule has 3 rings (SSSR count). The van der Waals surface area contributed by atoms with E-state index in [2.05, 4.69) is 0 Å². The number of halogens is 1. The molecule has 0 N–H and O–H groups in total. The Morgan fingerprint density at radius 3 is 2.27 bits per heavy atom. The lowest BCUT2D eigenvalue weighted by Crippen LogP contribution is -2.45. The normalized spacial score (nSPS) is 13.5. The molecule has 0 unspecified atom stereocenters. The predicted molar refractivity (Wildman–Crippen MR) is 113 cm³/mol. The van der Waals surface area contributed by atoms with Crippen LogP contribution in [-0.2, 0) is 22.7 Å². The fourth-order valence-corrected chi connectivity index (χ4v) is 3.69. The molecule has 30 heavy (non-hydrogen) atoms. The number of amides is 2. The summed E-state index contributed by atoms with van der Waals surface area (Å²) in [5, 5.41) is 0. The van der Waals surface area contributed by atoms with E-state index in [4.69, 9.17) is 4.42 Å². The minimum atomic E-state index is -0.311. The number of carbonyl (C=O) groups is 2. The van der Waals surface area contributed by atoms with Crippen molar-refractivity contribution in [1.29, 1.82) is 0 Å². The lowest BCUT2D eigenvalue weighted by molar-refractivity contribution is -0.144. The summed E-state index contributed by atoms with van der Waals surface area (Å²) in [4.78, 5) is 29.7. The van der Waals surface area contributed by atoms with Gasteiger partial charge in [-0.3, -0.25) is 9.59 Å². The Morgan fingerprint density at radius 1 is 1.07 bits per heavy atom. The van der Waals surface area contributed by atoms with Gasteiger partial charge in [-0.15, -0.1) is 0 Å². The van der Waals surface area contributed by atoms with Crippen LogP contribution in [0.4, 0.5) is 4.39 Å². The Balaban J connectivity index is 1.77. The van der Waals surface area contributed by atoms with Crippen LogP contribution < -0.4 is 0 Å². The third-order valence-corrected chi connectivity index (χ3v) is 5.69. The van der Waals surface area contributed by atoms with Gasteiger partial charge in [-0.05, 0) is 62.4 Å². The van der Waals surface area contributed by atoms with Crippen LogP contribution >= 0.6 is 0 Å². The number of rotatable bonds is 10. The summed E-state index contributed by atoms with van der Waals surface area (Å²) >= 11 is 0. The zero-order chi connectivity index (χ0) is 21.7. The molecule has 0 spiro atoms. The van der Waals surface area contributed by atoms with E-state index in [9.17, 15) is 14.0 Å². The van der Waals surface area contributed by atoms with Crippen molar-refractivity contribution in [2.75, 3.05) is 6.54 Å². The van der Waals surface area contributed by atoms with E-state index < -0.39 is 0 Å². The zero-order valence-electron chi connectivity index (χ0n) is 18.1. The lowest BCUT2D eigenvalue weighted by Gasteiger charge is -2.29. The number of furan rings is 1. The van der Waals surface area contributed by atoms with Gasteiger partial charge in [0, 0.05) is 18.5 Å². The van der Waals surface area contributed by atoms with Crippen molar-refractivity contribution in [2.24, 2.45) is 5.92 Å². The van der Waals surface area contributed by atoms with Gasteiger partial charge in [-0.25, -0.2) is 4.39 Å². The van der Waals surface area contributed by atoms with Crippen LogP contribution in [0.5, 0.6) is 0 Å². The maximum Gasteiger partial charge on any atom is 0.242 e. The summed E-state index contributed by atoms with van der Waals surface area (Å²) in [7, 11) is 0. The second kappa shape index (κ2) is 9.92. The number of carbonyl (C=O) groups excluding carboxylic acids is 2. The van der Waals surface area contributed by atoms with Gasteiger partial charge >= 0.3 is 0 Å². The van der Waals surface area contributed by atoms with Crippen molar-refractivity contribution in [3.05, 3.63) is 59.3 Å². The lowest BCUT2D eigenvalue weighted by atomic mass is 10.0. The molecular weight excluding hydrogens is 383 g/mol. The van der Waals surface area contributed by atoms with Crippen molar-refractivity contribution in [2.45, 2.75) is 65.6 Å². The van der Waals surface area contributed by atoms with Crippen LogP contribution in [0.2, 0.25) is 0 Å². The standard InChI is InChI=1S/C24H31FN2O3/c1-4-19(5-2)24(29)27(21-11-12-21)16-23(28)26(15-22-13-6-17(3)30-22)14-18-7-9-20(25)10-8-18/h6-10,13,19,21H,4-5,11-12,14-16H2,1-3H3. The minimum Gasteiger partial charge on any atom is -0.464 e. The predicted octanol–water partition coefficient (Wildman–Crippen LogP) is 4.68. The smallest absolute Gasteiger partial charge is 0.242 e. The maximum absolute atomic E-state index is 13.3. The number of aryl methyl sites for hydroxylation is 1. The van der Waals surface area contributed by atoms with Crippen LogP contribution in [0.3, 0.4) is 0 Å². The van der Waals surface area contributed by atoms with E-state index in [0.29, 0.717) is 18.8 Å². The van der Waals surface area contributed by atoms with Crippen LogP contribution in [0.1, 0.15) is 56.6 Å². The molecule has 5 nitrogen and oxygen atoms in total. The van der Waals surface area contributed by atoms with Gasteiger partial charge in [0.05, 0.1) is 6.54 Å². The van der Waals surface area contributed by atoms with Gasteiger partial charge in [0.2, 0.25) is 11.8 Å². The molecule has 0 bridgehead atoms. The van der Waals surface area contributed by atoms with Crippen molar-refractivity contribution >= 4 is 11.8 Å². The second-order valence-electron chi connectivity index (χ2n) is 8.10. The number of hydrogen-bond acceptors (Lipinski definition) is 3. The van der Waals surface area contributed by atoms with E-state index in [0.717, 1.165) is 37.0 Å². The average molecular weight is 415 g/mol. The topological polar surface area (TPSA) is 53.8 Å². The van der Waals surface area contributed by atoms with E-state index >= 15 is 0 Å². The fourth-order valence-electron chi connectivity index (χ4n) is 3.69. The molecule has 2 aromatic rings. The average Bonchev–Trinajstić information content (AvgIpc) is 3.49. The highest BCUT2D eigenvalue weighted by molar-refractivity contribution is 5.86.